The third kappa shape index (κ3) is 78.3. The molecule has 0 saturated carbocycles. The van der Waals surface area contributed by atoms with Crippen molar-refractivity contribution < 1.29 is 57.2 Å². The van der Waals surface area contributed by atoms with E-state index in [1.165, 1.54) is 225 Å². The number of hydrogen-bond acceptors (Lipinski definition) is 12. The minimum Gasteiger partial charge on any atom is -0.459 e. The smallest absolute Gasteiger partial charge is 0.347 e. The Hall–Kier alpha value is -3.96. The molecular weight excluding hydrogens is 1380 g/mol. The van der Waals surface area contributed by atoms with E-state index in [1.54, 1.807) is 0 Å². The molecule has 0 aromatic carbocycles. The molecule has 0 amide bonds. The minimum absolute atomic E-state index is 0.172. The van der Waals surface area contributed by atoms with Gasteiger partial charge in [-0.1, -0.05) is 405 Å². The van der Waals surface area contributed by atoms with Crippen LogP contribution in [0.2, 0.25) is 0 Å². The maximum atomic E-state index is 14.7. The first-order valence-electron chi connectivity index (χ1n) is 48.6. The van der Waals surface area contributed by atoms with Gasteiger partial charge >= 0.3 is 35.8 Å². The van der Waals surface area contributed by atoms with Crippen molar-refractivity contribution in [2.75, 3.05) is 13.2 Å². The zero-order chi connectivity index (χ0) is 80.7. The van der Waals surface area contributed by atoms with Crippen LogP contribution in [0.4, 0.5) is 0 Å². The van der Waals surface area contributed by atoms with Gasteiger partial charge in [-0.3, -0.25) is 14.4 Å². The number of allylic oxidation sites excluding steroid dienone is 6. The molecule has 0 aliphatic heterocycles. The number of unbranched alkanes of at least 4 members (excludes halogenated alkanes) is 60. The summed E-state index contributed by atoms with van der Waals surface area (Å²) >= 11 is 0. The molecule has 0 radical (unpaired) electrons. The molecule has 3 atom stereocenters. The van der Waals surface area contributed by atoms with Crippen LogP contribution in [-0.4, -0.2) is 73.4 Å². The molecule has 0 heterocycles. The lowest BCUT2D eigenvalue weighted by atomic mass is 10.0. The van der Waals surface area contributed by atoms with Gasteiger partial charge in [0, 0.05) is 19.3 Å². The van der Waals surface area contributed by atoms with E-state index in [9.17, 15) is 28.8 Å². The molecule has 650 valence electrons. The lowest BCUT2D eigenvalue weighted by molar-refractivity contribution is -0.185. The molecule has 0 fully saturated rings. The number of carbonyl (C=O) groups excluding carboxylic acids is 6. The van der Waals surface area contributed by atoms with E-state index in [0.29, 0.717) is 38.5 Å². The van der Waals surface area contributed by atoms with Crippen LogP contribution < -0.4 is 0 Å². The van der Waals surface area contributed by atoms with Gasteiger partial charge in [-0.25, -0.2) is 14.4 Å². The van der Waals surface area contributed by atoms with Crippen LogP contribution in [0.25, 0.3) is 0 Å². The van der Waals surface area contributed by atoms with Crippen molar-refractivity contribution in [2.45, 2.75) is 548 Å². The summed E-state index contributed by atoms with van der Waals surface area (Å²) in [5, 5.41) is 0. The van der Waals surface area contributed by atoms with E-state index in [0.717, 1.165) is 180 Å². The predicted molar refractivity (Wildman–Crippen MR) is 469 cm³/mol. The summed E-state index contributed by atoms with van der Waals surface area (Å²) in [5.41, 5.74) is 0. The van der Waals surface area contributed by atoms with Crippen molar-refractivity contribution in [1.82, 2.24) is 0 Å². The predicted octanol–water partition coefficient (Wildman–Crippen LogP) is 30.8. The highest BCUT2D eigenvalue weighted by molar-refractivity contribution is 5.81. The topological polar surface area (TPSA) is 158 Å². The second-order valence-electron chi connectivity index (χ2n) is 33.2. The van der Waals surface area contributed by atoms with Gasteiger partial charge in [-0.2, -0.15) is 0 Å². The van der Waals surface area contributed by atoms with E-state index in [2.05, 4.69) is 78.0 Å². The Morgan fingerprint density at radius 1 is 0.198 bits per heavy atom. The van der Waals surface area contributed by atoms with Crippen LogP contribution in [0.5, 0.6) is 0 Å². The lowest BCUT2D eigenvalue weighted by Crippen LogP contribution is -2.39. The third-order valence-corrected chi connectivity index (χ3v) is 22.1. The second-order valence-corrected chi connectivity index (χ2v) is 33.2. The Kier molecular flexibility index (Phi) is 85.3. The highest BCUT2D eigenvalue weighted by atomic mass is 16.6. The average Bonchev–Trinajstić information content (AvgIpc) is 0.887. The summed E-state index contributed by atoms with van der Waals surface area (Å²) in [6, 6.07) is 0. The fourth-order valence-corrected chi connectivity index (χ4v) is 14.7. The lowest BCUT2D eigenvalue weighted by Gasteiger charge is -2.24. The van der Waals surface area contributed by atoms with Gasteiger partial charge < -0.3 is 28.4 Å². The van der Waals surface area contributed by atoms with Gasteiger partial charge in [-0.05, 0) is 135 Å². The largest absolute Gasteiger partial charge is 0.459 e. The van der Waals surface area contributed by atoms with Gasteiger partial charge in [0.25, 0.3) is 0 Å². The van der Waals surface area contributed by atoms with Crippen molar-refractivity contribution >= 4 is 35.8 Å². The van der Waals surface area contributed by atoms with Gasteiger partial charge in [0.2, 0.25) is 0 Å². The summed E-state index contributed by atoms with van der Waals surface area (Å²) < 4.78 is 36.4. The van der Waals surface area contributed by atoms with Crippen LogP contribution in [0, 0.1) is 0 Å². The Bertz CT molecular complexity index is 2020. The average molecular weight is 1560 g/mol. The molecule has 3 unspecified atom stereocenters. The molecule has 0 aliphatic rings. The van der Waals surface area contributed by atoms with Crippen LogP contribution in [0.15, 0.2) is 36.5 Å². The Balaban J connectivity index is 6.72. The molecule has 12 heteroatoms. The minimum atomic E-state index is -1.32. The fraction of sp³-hybridized carbons (Fsp3) is 0.879. The highest BCUT2D eigenvalue weighted by Gasteiger charge is 2.32. The number of esters is 6. The molecule has 0 bridgehead atoms. The SMILES string of the molecule is CCCCCCCC/C=C\CCCCCCCC(=O)OC(CCCCCCCCCCCC)C(=O)OCC(COC(=O)C(CCCCCCCCCCCC)OC(=O)CCCCCCC/C=C\CCCCCCCC)OC(=O)C(CCCCCCCCCCCC)OC(=O)CCCCCCC/C=C\CCCCCCCC. The molecule has 0 saturated heterocycles. The zero-order valence-electron chi connectivity index (χ0n) is 74.1. The van der Waals surface area contributed by atoms with E-state index in [4.69, 9.17) is 28.4 Å². The van der Waals surface area contributed by atoms with Crippen LogP contribution in [-0.2, 0) is 57.2 Å². The highest BCUT2D eigenvalue weighted by Crippen LogP contribution is 2.23. The molecule has 0 rings (SSSR count). The summed E-state index contributed by atoms with van der Waals surface area (Å²) in [6.07, 6.45) is 88.0. The molecule has 12 nitrogen and oxygen atoms in total. The Morgan fingerprint density at radius 3 is 0.577 bits per heavy atom. The normalized spacial score (nSPS) is 12.8. The van der Waals surface area contributed by atoms with Crippen molar-refractivity contribution in [2.24, 2.45) is 0 Å². The van der Waals surface area contributed by atoms with Gasteiger partial charge in [-0.15, -0.1) is 0 Å². The van der Waals surface area contributed by atoms with Crippen LogP contribution >= 0.6 is 0 Å². The van der Waals surface area contributed by atoms with Gasteiger partial charge in [0.05, 0.1) is 0 Å². The Morgan fingerprint density at radius 2 is 0.369 bits per heavy atom. The fourth-order valence-electron chi connectivity index (χ4n) is 14.7. The van der Waals surface area contributed by atoms with Crippen molar-refractivity contribution in [3.63, 3.8) is 0 Å². The zero-order valence-corrected chi connectivity index (χ0v) is 74.1. The van der Waals surface area contributed by atoms with Crippen LogP contribution in [0.3, 0.4) is 0 Å². The molecule has 0 aliphatic carbocycles. The molecule has 0 aromatic heterocycles. The van der Waals surface area contributed by atoms with Crippen LogP contribution in [0.1, 0.15) is 523 Å². The molecule has 0 N–H and O–H groups in total. The number of carbonyl (C=O) groups is 6. The standard InChI is InChI=1S/C99H182O12/c1-7-13-19-25-31-37-43-46-49-52-55-61-67-73-79-85-94(100)109-91(82-76-70-64-58-40-34-28-22-16-10-4)97(103)106-88-90(108-99(105)93(84-78-72-66-60-42-36-30-24-18-12-6)111-96(102)87-81-75-69-63-57-54-51-48-45-39-33-27-21-15-9-3)89-107-98(104)92(83-77-71-65-59-41-35-29-23-17-11-5)110-95(101)86-80-74-68-62-56-53-50-47-44-38-32-26-20-14-8-2/h46-51,90-93H,7-45,52-89H2,1-6H3/b49-46-,50-47-,51-48-. The van der Waals surface area contributed by atoms with Crippen molar-refractivity contribution in [3.8, 4) is 0 Å². The number of hydrogen-bond donors (Lipinski definition) is 0. The number of ether oxygens (including phenoxy) is 6. The molecular formula is C99H182O12. The Labute approximate surface area is 686 Å². The van der Waals surface area contributed by atoms with Crippen molar-refractivity contribution in [1.29, 1.82) is 0 Å². The quantitative estimate of drug-likeness (QED) is 0.0246. The summed E-state index contributed by atoms with van der Waals surface area (Å²) in [6.45, 7) is 12.5. The first-order chi connectivity index (χ1) is 54.6. The van der Waals surface area contributed by atoms with Gasteiger partial charge in [0.1, 0.15) is 13.2 Å². The first-order valence-corrected chi connectivity index (χ1v) is 48.6. The second kappa shape index (κ2) is 88.4. The third-order valence-electron chi connectivity index (χ3n) is 22.1. The van der Waals surface area contributed by atoms with E-state index < -0.39 is 73.4 Å². The monoisotopic (exact) mass is 1560 g/mol. The summed E-state index contributed by atoms with van der Waals surface area (Å²) in [7, 11) is 0. The molecule has 0 aromatic rings. The summed E-state index contributed by atoms with van der Waals surface area (Å²) in [5.74, 6) is -3.68. The van der Waals surface area contributed by atoms with Gasteiger partial charge in [0.15, 0.2) is 24.4 Å². The van der Waals surface area contributed by atoms with E-state index in [-0.39, 0.29) is 38.5 Å². The number of rotatable bonds is 89. The molecule has 111 heavy (non-hydrogen) atoms. The maximum absolute atomic E-state index is 14.7. The van der Waals surface area contributed by atoms with Crippen molar-refractivity contribution in [3.05, 3.63) is 36.5 Å². The first kappa shape index (κ1) is 107. The van der Waals surface area contributed by atoms with E-state index in [1.807, 2.05) is 0 Å². The van der Waals surface area contributed by atoms with E-state index >= 15 is 0 Å². The molecule has 0 spiro atoms. The maximum Gasteiger partial charge on any atom is 0.347 e. The summed E-state index contributed by atoms with van der Waals surface area (Å²) in [4.78, 5) is 84.7.